The van der Waals surface area contributed by atoms with E-state index in [4.69, 9.17) is 17.3 Å². The molecule has 3 rings (SSSR count). The Morgan fingerprint density at radius 1 is 1.52 bits per heavy atom. The molecule has 1 aromatic rings. The number of thioether (sulfide) groups is 1. The predicted molar refractivity (Wildman–Crippen MR) is 112 cm³/mol. The van der Waals surface area contributed by atoms with Gasteiger partial charge in [-0.25, -0.2) is 0 Å². The first-order valence-corrected chi connectivity index (χ1v) is 10.7. The number of nitrogens with one attached hydrogen (secondary N) is 1. The molecule has 2 aliphatic rings. The molecule has 0 radical (unpaired) electrons. The van der Waals surface area contributed by atoms with Crippen molar-refractivity contribution >= 4 is 35.3 Å². The van der Waals surface area contributed by atoms with Crippen LogP contribution in [0.4, 0.5) is 0 Å². The average molecular weight is 394 g/mol. The minimum Gasteiger partial charge on any atom is -0.402 e. The highest BCUT2D eigenvalue weighted by atomic mass is 35.5. The van der Waals surface area contributed by atoms with Crippen LogP contribution in [0.1, 0.15) is 24.4 Å². The summed E-state index contributed by atoms with van der Waals surface area (Å²) in [6.07, 6.45) is 6.70. The zero-order chi connectivity index (χ0) is 17.8. The van der Waals surface area contributed by atoms with Crippen LogP contribution >= 0.6 is 35.3 Å². The van der Waals surface area contributed by atoms with Crippen molar-refractivity contribution in [1.29, 1.82) is 0 Å². The fourth-order valence-corrected chi connectivity index (χ4v) is 5.14. The third-order valence-corrected chi connectivity index (χ3v) is 6.60. The normalized spacial score (nSPS) is 19.4. The van der Waals surface area contributed by atoms with Crippen molar-refractivity contribution in [1.82, 2.24) is 9.62 Å². The molecule has 1 atom stereocenters. The van der Waals surface area contributed by atoms with Crippen molar-refractivity contribution in [2.45, 2.75) is 23.8 Å². The smallest absolute Gasteiger partial charge is 0.0571 e. The fraction of sp³-hybridized carbons (Fsp3) is 0.368. The molecule has 3 nitrogen and oxygen atoms in total. The molecule has 1 aromatic carbocycles. The number of likely N-dealkylation sites (N-methyl/N-ethyl adjacent to an activating group) is 1. The molecule has 6 heteroatoms. The molecule has 0 saturated carbocycles. The van der Waals surface area contributed by atoms with Gasteiger partial charge >= 0.3 is 0 Å². The van der Waals surface area contributed by atoms with E-state index in [1.54, 1.807) is 11.9 Å². The second kappa shape index (κ2) is 8.58. The van der Waals surface area contributed by atoms with E-state index >= 15 is 0 Å². The summed E-state index contributed by atoms with van der Waals surface area (Å²) in [6, 6.07) is 6.46. The highest BCUT2D eigenvalue weighted by Crippen LogP contribution is 2.44. The van der Waals surface area contributed by atoms with Gasteiger partial charge in [-0.05, 0) is 54.1 Å². The standard InChI is InChI=1S/C19H24ClN3S2/c1-13(21)12-24-10-9-22-19-15-5-3-4-6-17(15)23(2)25-18-11-14(20)7-8-16(18)19/h4,6-8,11,19,22H,1,3,5,9-10,12,21H2,2H3. The molecule has 0 aromatic heterocycles. The van der Waals surface area contributed by atoms with Crippen LogP contribution in [0, 0.1) is 0 Å². The highest BCUT2D eigenvalue weighted by Gasteiger charge is 2.28. The number of halogens is 1. The molecule has 0 spiro atoms. The number of benzene rings is 1. The van der Waals surface area contributed by atoms with Gasteiger partial charge in [-0.2, -0.15) is 11.8 Å². The molecular formula is C19H24ClN3S2. The van der Waals surface area contributed by atoms with E-state index in [0.717, 1.165) is 41.6 Å². The van der Waals surface area contributed by atoms with Crippen molar-refractivity contribution < 1.29 is 0 Å². The Morgan fingerprint density at radius 2 is 2.36 bits per heavy atom. The summed E-state index contributed by atoms with van der Waals surface area (Å²) in [6.45, 7) is 4.69. The first kappa shape index (κ1) is 18.8. The van der Waals surface area contributed by atoms with Crippen LogP contribution in [-0.4, -0.2) is 29.4 Å². The first-order valence-electron chi connectivity index (χ1n) is 8.41. The van der Waals surface area contributed by atoms with Gasteiger partial charge in [-0.3, -0.25) is 0 Å². The Labute approximate surface area is 163 Å². The quantitative estimate of drug-likeness (QED) is 0.540. The largest absolute Gasteiger partial charge is 0.402 e. The molecule has 25 heavy (non-hydrogen) atoms. The van der Waals surface area contributed by atoms with Gasteiger partial charge in [0.05, 0.1) is 6.04 Å². The summed E-state index contributed by atoms with van der Waals surface area (Å²) < 4.78 is 2.26. The maximum Gasteiger partial charge on any atom is 0.0571 e. The summed E-state index contributed by atoms with van der Waals surface area (Å²) in [5.74, 6) is 1.82. The lowest BCUT2D eigenvalue weighted by Gasteiger charge is -2.26. The molecular weight excluding hydrogens is 370 g/mol. The maximum atomic E-state index is 6.25. The fourth-order valence-electron chi connectivity index (χ4n) is 3.19. The molecule has 134 valence electrons. The molecule has 0 saturated heterocycles. The van der Waals surface area contributed by atoms with Gasteiger partial charge in [0, 0.05) is 46.4 Å². The maximum absolute atomic E-state index is 6.25. The van der Waals surface area contributed by atoms with E-state index in [-0.39, 0.29) is 6.04 Å². The number of rotatable bonds is 6. The molecule has 1 unspecified atom stereocenters. The van der Waals surface area contributed by atoms with Crippen molar-refractivity contribution in [3.63, 3.8) is 0 Å². The number of allylic oxidation sites excluding steroid dienone is 2. The van der Waals surface area contributed by atoms with E-state index in [2.05, 4.69) is 47.5 Å². The van der Waals surface area contributed by atoms with Gasteiger partial charge in [0.25, 0.3) is 0 Å². The second-order valence-electron chi connectivity index (χ2n) is 6.22. The molecule has 0 bridgehead atoms. The van der Waals surface area contributed by atoms with Gasteiger partial charge < -0.3 is 15.4 Å². The lowest BCUT2D eigenvalue weighted by Crippen LogP contribution is -2.27. The zero-order valence-corrected chi connectivity index (χ0v) is 16.8. The summed E-state index contributed by atoms with van der Waals surface area (Å²) in [5.41, 5.74) is 10.5. The lowest BCUT2D eigenvalue weighted by molar-refractivity contribution is 0.573. The number of fused-ring (bicyclic) bond motifs is 1. The van der Waals surface area contributed by atoms with Crippen molar-refractivity contribution in [2.24, 2.45) is 5.73 Å². The van der Waals surface area contributed by atoms with E-state index in [0.29, 0.717) is 0 Å². The van der Waals surface area contributed by atoms with Gasteiger partial charge in [0.15, 0.2) is 0 Å². The van der Waals surface area contributed by atoms with E-state index in [1.165, 1.54) is 21.7 Å². The van der Waals surface area contributed by atoms with Gasteiger partial charge in [0.1, 0.15) is 0 Å². The Kier molecular flexibility index (Phi) is 6.44. The third-order valence-electron chi connectivity index (χ3n) is 4.28. The SMILES string of the molecule is C=C(N)CSCCNC1C2=C(C=CCC2)N(C)Sc2cc(Cl)ccc21. The predicted octanol–water partition coefficient (Wildman–Crippen LogP) is 4.73. The highest BCUT2D eigenvalue weighted by molar-refractivity contribution is 7.99. The van der Waals surface area contributed by atoms with Crippen molar-refractivity contribution in [2.75, 3.05) is 25.1 Å². The van der Waals surface area contributed by atoms with Crippen LogP contribution < -0.4 is 11.1 Å². The molecule has 1 heterocycles. The number of hydrogen-bond donors (Lipinski definition) is 2. The monoisotopic (exact) mass is 393 g/mol. The third kappa shape index (κ3) is 4.59. The summed E-state index contributed by atoms with van der Waals surface area (Å²) in [7, 11) is 2.13. The molecule has 1 aliphatic heterocycles. The second-order valence-corrected chi connectivity index (χ2v) is 8.93. The van der Waals surface area contributed by atoms with Crippen LogP contribution in [0.25, 0.3) is 0 Å². The Balaban J connectivity index is 1.84. The Hall–Kier alpha value is -1.01. The van der Waals surface area contributed by atoms with Gasteiger partial charge in [-0.15, -0.1) is 0 Å². The van der Waals surface area contributed by atoms with Gasteiger partial charge in [0.2, 0.25) is 0 Å². The van der Waals surface area contributed by atoms with E-state index in [1.807, 2.05) is 17.8 Å². The summed E-state index contributed by atoms with van der Waals surface area (Å²) in [4.78, 5) is 1.22. The summed E-state index contributed by atoms with van der Waals surface area (Å²) in [5, 5.41) is 4.55. The minimum absolute atomic E-state index is 0.228. The number of hydrogen-bond acceptors (Lipinski definition) is 5. The Bertz CT molecular complexity index is 715. The van der Waals surface area contributed by atoms with Crippen LogP contribution in [0.3, 0.4) is 0 Å². The number of nitrogens with two attached hydrogens (primary N) is 1. The van der Waals surface area contributed by atoms with E-state index < -0.39 is 0 Å². The zero-order valence-electron chi connectivity index (χ0n) is 14.4. The molecule has 0 amide bonds. The van der Waals surface area contributed by atoms with Crippen molar-refractivity contribution in [3.05, 3.63) is 64.5 Å². The first-order chi connectivity index (χ1) is 12.1. The van der Waals surface area contributed by atoms with Crippen LogP contribution in [0.5, 0.6) is 0 Å². The van der Waals surface area contributed by atoms with Crippen LogP contribution in [0.15, 0.2) is 58.8 Å². The van der Waals surface area contributed by atoms with Crippen LogP contribution in [0.2, 0.25) is 5.02 Å². The van der Waals surface area contributed by atoms with E-state index in [9.17, 15) is 0 Å². The topological polar surface area (TPSA) is 41.3 Å². The molecule has 0 fully saturated rings. The molecule has 3 N–H and O–H groups in total. The van der Waals surface area contributed by atoms with Gasteiger partial charge in [-0.1, -0.05) is 30.3 Å². The average Bonchev–Trinajstić information content (AvgIpc) is 2.69. The minimum atomic E-state index is 0.228. The summed E-state index contributed by atoms with van der Waals surface area (Å²) >= 11 is 9.82. The van der Waals surface area contributed by atoms with Crippen molar-refractivity contribution in [3.8, 4) is 0 Å². The Morgan fingerprint density at radius 3 is 3.16 bits per heavy atom. The molecule has 1 aliphatic carbocycles. The number of nitrogens with zero attached hydrogens (tertiary/aromatic N) is 1. The van der Waals surface area contributed by atoms with Crippen LogP contribution in [-0.2, 0) is 0 Å². The lowest BCUT2D eigenvalue weighted by atomic mass is 9.90.